The first-order valence-electron chi connectivity index (χ1n) is 2.81. The van der Waals surface area contributed by atoms with Gasteiger partial charge in [-0.05, 0) is 11.6 Å². The second-order valence-electron chi connectivity index (χ2n) is 1.68. The molecule has 0 aliphatic heterocycles. The predicted molar refractivity (Wildman–Crippen MR) is 39.9 cm³/mol. The van der Waals surface area contributed by atoms with Crippen molar-refractivity contribution in [3.05, 3.63) is 33.7 Å². The fourth-order valence-corrected chi connectivity index (χ4v) is 0.699. The number of rotatable bonds is 2. The highest BCUT2D eigenvalue weighted by molar-refractivity contribution is 6.29. The Morgan fingerprint density at radius 2 is 2.55 bits per heavy atom. The number of azide groups is 1. The van der Waals surface area contributed by atoms with Gasteiger partial charge in [-0.1, -0.05) is 16.7 Å². The molecule has 0 saturated heterocycles. The van der Waals surface area contributed by atoms with Crippen LogP contribution in [0.15, 0.2) is 17.4 Å². The van der Waals surface area contributed by atoms with Crippen LogP contribution < -0.4 is 0 Å². The SMILES string of the molecule is [N-]=[N+]=NCc1nccc(Cl)n1. The van der Waals surface area contributed by atoms with Crippen LogP contribution in [0.2, 0.25) is 5.15 Å². The van der Waals surface area contributed by atoms with E-state index in [1.807, 2.05) is 0 Å². The average Bonchev–Trinajstić information content (AvgIpc) is 2.01. The molecule has 6 heteroatoms. The summed E-state index contributed by atoms with van der Waals surface area (Å²) in [6, 6.07) is 1.56. The molecule has 0 unspecified atom stereocenters. The molecule has 0 saturated carbocycles. The number of halogens is 1. The van der Waals surface area contributed by atoms with Gasteiger partial charge in [0.2, 0.25) is 0 Å². The Balaban J connectivity index is 2.79. The number of nitrogens with zero attached hydrogens (tertiary/aromatic N) is 5. The lowest BCUT2D eigenvalue weighted by atomic mass is 10.5. The zero-order valence-electron chi connectivity index (χ0n) is 5.48. The van der Waals surface area contributed by atoms with Gasteiger partial charge in [-0.3, -0.25) is 0 Å². The molecular formula is C5H4ClN5. The summed E-state index contributed by atoms with van der Waals surface area (Å²) in [4.78, 5) is 10.2. The Morgan fingerprint density at radius 1 is 1.73 bits per heavy atom. The molecule has 0 aromatic carbocycles. The highest BCUT2D eigenvalue weighted by Gasteiger charge is 1.93. The summed E-state index contributed by atoms with van der Waals surface area (Å²) >= 11 is 5.54. The molecule has 0 fully saturated rings. The van der Waals surface area contributed by atoms with Crippen LogP contribution in [0.5, 0.6) is 0 Å². The van der Waals surface area contributed by atoms with Crippen molar-refractivity contribution in [1.82, 2.24) is 9.97 Å². The second-order valence-corrected chi connectivity index (χ2v) is 2.07. The van der Waals surface area contributed by atoms with Crippen molar-refractivity contribution in [2.45, 2.75) is 6.54 Å². The molecule has 1 heterocycles. The smallest absolute Gasteiger partial charge is 0.135 e. The third kappa shape index (κ3) is 2.41. The van der Waals surface area contributed by atoms with E-state index < -0.39 is 0 Å². The number of hydrogen-bond donors (Lipinski definition) is 0. The molecule has 0 bridgehead atoms. The van der Waals surface area contributed by atoms with Crippen molar-refractivity contribution < 1.29 is 0 Å². The number of aromatic nitrogens is 2. The van der Waals surface area contributed by atoms with E-state index >= 15 is 0 Å². The zero-order valence-corrected chi connectivity index (χ0v) is 6.23. The molecule has 0 aliphatic carbocycles. The molecule has 0 aliphatic rings. The predicted octanol–water partition coefficient (Wildman–Crippen LogP) is 1.94. The highest BCUT2D eigenvalue weighted by Crippen LogP contribution is 2.02. The van der Waals surface area contributed by atoms with Crippen LogP contribution in [0, 0.1) is 0 Å². The van der Waals surface area contributed by atoms with Crippen molar-refractivity contribution in [3.8, 4) is 0 Å². The van der Waals surface area contributed by atoms with Gasteiger partial charge >= 0.3 is 0 Å². The van der Waals surface area contributed by atoms with Crippen LogP contribution in [0.1, 0.15) is 5.82 Å². The lowest BCUT2D eigenvalue weighted by Gasteiger charge is -1.92. The minimum atomic E-state index is 0.136. The van der Waals surface area contributed by atoms with Gasteiger partial charge in [-0.15, -0.1) is 0 Å². The molecule has 11 heavy (non-hydrogen) atoms. The summed E-state index contributed by atoms with van der Waals surface area (Å²) < 4.78 is 0. The van der Waals surface area contributed by atoms with E-state index in [-0.39, 0.29) is 6.54 Å². The highest BCUT2D eigenvalue weighted by atomic mass is 35.5. The summed E-state index contributed by atoms with van der Waals surface area (Å²) in [6.45, 7) is 0.136. The molecule has 0 radical (unpaired) electrons. The van der Waals surface area contributed by atoms with E-state index in [1.54, 1.807) is 6.07 Å². The summed E-state index contributed by atoms with van der Waals surface area (Å²) in [6.07, 6.45) is 1.51. The van der Waals surface area contributed by atoms with Crippen LogP contribution in [0.25, 0.3) is 10.4 Å². The quantitative estimate of drug-likeness (QED) is 0.294. The van der Waals surface area contributed by atoms with E-state index in [1.165, 1.54) is 6.20 Å². The Bertz CT molecular complexity index is 293. The van der Waals surface area contributed by atoms with Crippen LogP contribution in [0.4, 0.5) is 0 Å². The molecule has 1 aromatic rings. The molecule has 0 spiro atoms. The normalized spacial score (nSPS) is 8.82. The van der Waals surface area contributed by atoms with Crippen LogP contribution in [0.3, 0.4) is 0 Å². The van der Waals surface area contributed by atoms with Gasteiger partial charge < -0.3 is 0 Å². The molecule has 1 rings (SSSR count). The van der Waals surface area contributed by atoms with E-state index in [9.17, 15) is 0 Å². The second kappa shape index (κ2) is 3.75. The maximum absolute atomic E-state index is 7.97. The van der Waals surface area contributed by atoms with Crippen LogP contribution >= 0.6 is 11.6 Å². The monoisotopic (exact) mass is 169 g/mol. The van der Waals surface area contributed by atoms with Gasteiger partial charge in [0.25, 0.3) is 0 Å². The molecule has 0 amide bonds. The molecule has 0 N–H and O–H groups in total. The number of hydrogen-bond acceptors (Lipinski definition) is 3. The van der Waals surface area contributed by atoms with Crippen molar-refractivity contribution in [2.75, 3.05) is 0 Å². The largest absolute Gasteiger partial charge is 0.241 e. The average molecular weight is 170 g/mol. The van der Waals surface area contributed by atoms with Crippen LogP contribution in [-0.2, 0) is 6.54 Å². The lowest BCUT2D eigenvalue weighted by molar-refractivity contribution is 0.900. The Kier molecular flexibility index (Phi) is 2.66. The van der Waals surface area contributed by atoms with Gasteiger partial charge in [-0.25, -0.2) is 9.97 Å². The first-order chi connectivity index (χ1) is 5.33. The summed E-state index contributed by atoms with van der Waals surface area (Å²) in [5.41, 5.74) is 7.97. The van der Waals surface area contributed by atoms with Gasteiger partial charge in [0.05, 0.1) is 6.54 Å². The zero-order chi connectivity index (χ0) is 8.10. The van der Waals surface area contributed by atoms with Crippen molar-refractivity contribution in [3.63, 3.8) is 0 Å². The summed E-state index contributed by atoms with van der Waals surface area (Å²) in [5.74, 6) is 0.426. The standard InChI is InChI=1S/C5H4ClN5/c6-4-1-2-8-5(10-4)3-9-11-7/h1-2H,3H2. The fraction of sp³-hybridized carbons (Fsp3) is 0.200. The van der Waals surface area contributed by atoms with Crippen molar-refractivity contribution >= 4 is 11.6 Å². The molecule has 1 aromatic heterocycles. The van der Waals surface area contributed by atoms with E-state index in [0.717, 1.165) is 0 Å². The van der Waals surface area contributed by atoms with E-state index in [2.05, 4.69) is 20.0 Å². The third-order valence-corrected chi connectivity index (χ3v) is 1.16. The Hall–Kier alpha value is -1.32. The maximum atomic E-state index is 7.97. The van der Waals surface area contributed by atoms with Crippen LogP contribution in [-0.4, -0.2) is 9.97 Å². The van der Waals surface area contributed by atoms with Gasteiger partial charge in [-0.2, -0.15) is 0 Å². The van der Waals surface area contributed by atoms with Crippen molar-refractivity contribution in [1.29, 1.82) is 0 Å². The minimum absolute atomic E-state index is 0.136. The van der Waals surface area contributed by atoms with Crippen molar-refractivity contribution in [2.24, 2.45) is 5.11 Å². The summed E-state index contributed by atoms with van der Waals surface area (Å²) in [7, 11) is 0. The maximum Gasteiger partial charge on any atom is 0.135 e. The first kappa shape index (κ1) is 7.78. The molecule has 0 atom stereocenters. The van der Waals surface area contributed by atoms with Gasteiger partial charge in [0, 0.05) is 11.1 Å². The van der Waals surface area contributed by atoms with Gasteiger partial charge in [0.15, 0.2) is 0 Å². The molecular weight excluding hydrogens is 166 g/mol. The Labute approximate surface area is 67.7 Å². The van der Waals surface area contributed by atoms with E-state index in [0.29, 0.717) is 11.0 Å². The molecule has 5 nitrogen and oxygen atoms in total. The summed E-state index contributed by atoms with van der Waals surface area (Å²) in [5, 5.41) is 3.63. The molecule has 56 valence electrons. The van der Waals surface area contributed by atoms with E-state index in [4.69, 9.17) is 17.1 Å². The minimum Gasteiger partial charge on any atom is -0.241 e. The lowest BCUT2D eigenvalue weighted by Crippen LogP contribution is -1.90. The fourth-order valence-electron chi connectivity index (χ4n) is 0.545. The topological polar surface area (TPSA) is 74.5 Å². The van der Waals surface area contributed by atoms with Gasteiger partial charge in [0.1, 0.15) is 11.0 Å². The Morgan fingerprint density at radius 3 is 3.18 bits per heavy atom. The first-order valence-corrected chi connectivity index (χ1v) is 3.19. The third-order valence-electron chi connectivity index (χ3n) is 0.947.